The molecule has 1 fully saturated rings. The van der Waals surface area contributed by atoms with E-state index in [1.807, 2.05) is 6.92 Å². The second-order valence-electron chi connectivity index (χ2n) is 10.4. The number of carbonyl (C=O) groups excluding carboxylic acids is 9. The molecule has 0 spiro atoms. The molecular formula is C31H54N6O14. The highest BCUT2D eigenvalue weighted by Crippen LogP contribution is 2.22. The molecule has 1 saturated heterocycles. The molecule has 0 bridgehead atoms. The Bertz CT molecular complexity index is 1210. The number of methoxy groups -OCH3 is 5. The summed E-state index contributed by atoms with van der Waals surface area (Å²) in [6, 6.07) is -2.71. The van der Waals surface area contributed by atoms with Crippen LogP contribution in [0.1, 0.15) is 59.3 Å². The van der Waals surface area contributed by atoms with Gasteiger partial charge in [-0.05, 0) is 19.3 Å². The van der Waals surface area contributed by atoms with E-state index >= 15 is 0 Å². The molecule has 0 radical (unpaired) electrons. The summed E-state index contributed by atoms with van der Waals surface area (Å²) < 4.78 is 22.2. The van der Waals surface area contributed by atoms with Gasteiger partial charge in [0.15, 0.2) is 0 Å². The summed E-state index contributed by atoms with van der Waals surface area (Å²) in [5.74, 6) is -4.99. The highest BCUT2D eigenvalue weighted by atomic mass is 16.5. The van der Waals surface area contributed by atoms with Gasteiger partial charge in [0.25, 0.3) is 0 Å². The van der Waals surface area contributed by atoms with Gasteiger partial charge in [0.2, 0.25) is 23.6 Å². The maximum Gasteiger partial charge on any atom is 0.333 e. The SMILES string of the molecule is C=C(CC(=O)OC)C(=O)OC.CCC(C(N)=O)N1CC(C(=O)OC)CC1=O.CC[C@H](N)C(N)=O.CC[C@H](NC(CC(=O)OC)C(=O)OC)C(N)=O. The van der Waals surface area contributed by atoms with Crippen LogP contribution in [0, 0.1) is 5.92 Å². The lowest BCUT2D eigenvalue weighted by molar-refractivity contribution is -0.150. The molecule has 0 aromatic heterocycles. The van der Waals surface area contributed by atoms with Gasteiger partial charge in [0, 0.05) is 18.5 Å². The molecule has 4 amide bonds. The first kappa shape index (κ1) is 50.3. The third-order valence-corrected chi connectivity index (χ3v) is 6.89. The Morgan fingerprint density at radius 3 is 1.65 bits per heavy atom. The molecule has 0 aromatic rings. The van der Waals surface area contributed by atoms with Crippen LogP contribution in [0.4, 0.5) is 0 Å². The molecule has 0 saturated carbocycles. The van der Waals surface area contributed by atoms with E-state index in [4.69, 9.17) is 22.9 Å². The number of ether oxygens (including phenoxy) is 5. The minimum atomic E-state index is -0.940. The van der Waals surface area contributed by atoms with Gasteiger partial charge < -0.3 is 51.5 Å². The standard InChI is InChI=1S/C10H18N2O5.C10H16N2O4.C7H10O4.C4H10N2O/c1-4-6(9(11)14)12-7(10(15)17-3)5-8(13)16-2;1-3-7(9(11)14)12-5-6(4-8(12)13)10(15)16-2;1-5(7(9)11-3)4-6(8)10-2;1-2-3(5)4(6)7/h6-7,12H,4-5H2,1-3H3,(H2,11,14);6-7H,3-5H2,1-2H3,(H2,11,14);1,4H2,2-3H3;3H,2,5H2,1H3,(H2,6,7)/t6-,7?;;;3-/m0..0/s1. The van der Waals surface area contributed by atoms with Gasteiger partial charge >= 0.3 is 29.8 Å². The molecule has 3 unspecified atom stereocenters. The largest absolute Gasteiger partial charge is 0.469 e. The number of nitrogens with zero attached hydrogens (tertiary/aromatic N) is 1. The first-order valence-electron chi connectivity index (χ1n) is 15.5. The predicted octanol–water partition coefficient (Wildman–Crippen LogP) is -2.30. The van der Waals surface area contributed by atoms with Crippen molar-refractivity contribution in [1.29, 1.82) is 0 Å². The first-order chi connectivity index (χ1) is 23.8. The number of esters is 5. The number of nitrogens with two attached hydrogens (primary N) is 4. The molecule has 20 heteroatoms. The van der Waals surface area contributed by atoms with Crippen molar-refractivity contribution in [2.45, 2.75) is 83.5 Å². The molecule has 1 rings (SSSR count). The summed E-state index contributed by atoms with van der Waals surface area (Å²) in [6.45, 7) is 8.87. The van der Waals surface area contributed by atoms with Crippen molar-refractivity contribution in [3.8, 4) is 0 Å². The van der Waals surface area contributed by atoms with Crippen molar-refractivity contribution in [3.63, 3.8) is 0 Å². The van der Waals surface area contributed by atoms with Crippen molar-refractivity contribution in [2.75, 3.05) is 42.1 Å². The summed E-state index contributed by atoms with van der Waals surface area (Å²) >= 11 is 0. The number of amides is 4. The molecule has 9 N–H and O–H groups in total. The van der Waals surface area contributed by atoms with E-state index in [0.29, 0.717) is 19.3 Å². The lowest BCUT2D eigenvalue weighted by Gasteiger charge is -2.24. The maximum atomic E-state index is 11.6. The Labute approximate surface area is 297 Å². The highest BCUT2D eigenvalue weighted by molar-refractivity contribution is 5.93. The van der Waals surface area contributed by atoms with E-state index in [9.17, 15) is 43.2 Å². The van der Waals surface area contributed by atoms with Gasteiger partial charge in [0.1, 0.15) is 12.1 Å². The third-order valence-electron chi connectivity index (χ3n) is 6.89. The number of hydrogen-bond acceptors (Lipinski definition) is 16. The van der Waals surface area contributed by atoms with E-state index < -0.39 is 77.7 Å². The zero-order valence-electron chi connectivity index (χ0n) is 30.5. The van der Waals surface area contributed by atoms with E-state index in [1.54, 1.807) is 13.8 Å². The molecule has 0 aromatic carbocycles. The average Bonchev–Trinajstić information content (AvgIpc) is 3.49. The van der Waals surface area contributed by atoms with Crippen LogP contribution in [0.15, 0.2) is 12.2 Å². The van der Waals surface area contributed by atoms with Crippen LogP contribution in [0.2, 0.25) is 0 Å². The zero-order chi connectivity index (χ0) is 40.4. The molecule has 0 aliphatic carbocycles. The summed E-state index contributed by atoms with van der Waals surface area (Å²) in [4.78, 5) is 100. The smallest absolute Gasteiger partial charge is 0.333 e. The van der Waals surface area contributed by atoms with E-state index in [1.165, 1.54) is 40.4 Å². The van der Waals surface area contributed by atoms with Crippen molar-refractivity contribution in [3.05, 3.63) is 12.2 Å². The fourth-order valence-electron chi connectivity index (χ4n) is 3.84. The van der Waals surface area contributed by atoms with Gasteiger partial charge in [-0.2, -0.15) is 0 Å². The summed E-state index contributed by atoms with van der Waals surface area (Å²) in [7, 11) is 6.15. The predicted molar refractivity (Wildman–Crippen MR) is 179 cm³/mol. The minimum absolute atomic E-state index is 0.0937. The van der Waals surface area contributed by atoms with Gasteiger partial charge in [-0.3, -0.25) is 43.7 Å². The molecule has 20 nitrogen and oxygen atoms in total. The van der Waals surface area contributed by atoms with E-state index in [0.717, 1.165) is 0 Å². The monoisotopic (exact) mass is 734 g/mol. The highest BCUT2D eigenvalue weighted by Gasteiger charge is 2.39. The van der Waals surface area contributed by atoms with Gasteiger partial charge in [-0.1, -0.05) is 27.4 Å². The van der Waals surface area contributed by atoms with Crippen molar-refractivity contribution < 1.29 is 66.8 Å². The summed E-state index contributed by atoms with van der Waals surface area (Å²) in [6.07, 6.45) is 1.24. The molecule has 1 aliphatic heterocycles. The Kier molecular flexibility index (Phi) is 27.3. The molecule has 1 aliphatic rings. The Morgan fingerprint density at radius 2 is 1.31 bits per heavy atom. The van der Waals surface area contributed by atoms with Crippen LogP contribution >= 0.6 is 0 Å². The minimum Gasteiger partial charge on any atom is -0.469 e. The lowest BCUT2D eigenvalue weighted by Crippen LogP contribution is -2.50. The number of hydrogen-bond donors (Lipinski definition) is 5. The average molecular weight is 735 g/mol. The molecule has 5 atom stereocenters. The summed E-state index contributed by atoms with van der Waals surface area (Å²) in [5, 5.41) is 2.67. The Hall–Kier alpha value is -5.11. The Morgan fingerprint density at radius 1 is 0.765 bits per heavy atom. The topological polar surface area (TPSA) is 319 Å². The molecule has 292 valence electrons. The molecular weight excluding hydrogens is 680 g/mol. The second-order valence-corrected chi connectivity index (χ2v) is 10.4. The lowest BCUT2D eigenvalue weighted by atomic mass is 10.1. The Balaban J connectivity index is -0.000000631. The van der Waals surface area contributed by atoms with Crippen LogP contribution in [0.3, 0.4) is 0 Å². The zero-order valence-corrected chi connectivity index (χ0v) is 30.5. The first-order valence-corrected chi connectivity index (χ1v) is 15.5. The van der Waals surface area contributed by atoms with Crippen LogP contribution in [0.5, 0.6) is 0 Å². The summed E-state index contributed by atoms with van der Waals surface area (Å²) in [5.41, 5.74) is 20.3. The maximum absolute atomic E-state index is 11.6. The van der Waals surface area contributed by atoms with Crippen LogP contribution in [0.25, 0.3) is 0 Å². The number of rotatable bonds is 16. The number of primary amides is 3. The fraction of sp³-hybridized carbons (Fsp3) is 0.645. The van der Waals surface area contributed by atoms with Crippen molar-refractivity contribution in [2.24, 2.45) is 28.9 Å². The molecule has 51 heavy (non-hydrogen) atoms. The van der Waals surface area contributed by atoms with Gasteiger partial charge in [0.05, 0.1) is 66.4 Å². The number of likely N-dealkylation sites (tertiary alicyclic amines) is 1. The van der Waals surface area contributed by atoms with Crippen molar-refractivity contribution in [1.82, 2.24) is 10.2 Å². The quantitative estimate of drug-likeness (QED) is 0.0632. The molecule has 1 heterocycles. The van der Waals surface area contributed by atoms with Crippen LogP contribution < -0.4 is 28.3 Å². The van der Waals surface area contributed by atoms with E-state index in [2.05, 4.69) is 35.6 Å². The fourth-order valence-corrected chi connectivity index (χ4v) is 3.84. The number of carbonyl (C=O) groups is 9. The second kappa shape index (κ2) is 27.7. The normalized spacial score (nSPS) is 15.1. The number of nitrogens with one attached hydrogen (secondary N) is 1. The van der Waals surface area contributed by atoms with Crippen LogP contribution in [-0.2, 0) is 66.8 Å². The van der Waals surface area contributed by atoms with Crippen LogP contribution in [-0.4, -0.2) is 125 Å². The van der Waals surface area contributed by atoms with Gasteiger partial charge in [-0.15, -0.1) is 0 Å². The third kappa shape index (κ3) is 20.9. The van der Waals surface area contributed by atoms with Crippen molar-refractivity contribution >= 4 is 53.5 Å². The van der Waals surface area contributed by atoms with Gasteiger partial charge in [-0.25, -0.2) is 4.79 Å². The van der Waals surface area contributed by atoms with E-state index in [-0.39, 0.29) is 37.3 Å².